The van der Waals surface area contributed by atoms with Gasteiger partial charge in [-0.15, -0.1) is 0 Å². The lowest BCUT2D eigenvalue weighted by Gasteiger charge is -2.27. The van der Waals surface area contributed by atoms with E-state index < -0.39 is 11.6 Å². The van der Waals surface area contributed by atoms with Crippen LogP contribution in [0, 0.1) is 11.6 Å². The van der Waals surface area contributed by atoms with Crippen molar-refractivity contribution >= 4 is 23.2 Å². The second-order valence-corrected chi connectivity index (χ2v) is 5.05. The molecule has 0 aliphatic heterocycles. The second-order valence-electron chi connectivity index (χ2n) is 4.61. The van der Waals surface area contributed by atoms with E-state index in [1.165, 1.54) is 0 Å². The van der Waals surface area contributed by atoms with Gasteiger partial charge in [-0.3, -0.25) is 0 Å². The Labute approximate surface area is 126 Å². The van der Waals surface area contributed by atoms with Crippen molar-refractivity contribution in [2.75, 3.05) is 17.4 Å². The molecule has 1 heterocycles. The van der Waals surface area contributed by atoms with Gasteiger partial charge >= 0.3 is 0 Å². The highest BCUT2D eigenvalue weighted by atomic mass is 35.5. The van der Waals surface area contributed by atoms with Crippen LogP contribution in [0.3, 0.4) is 0 Å². The molecular weight excluding hydrogens is 298 g/mol. The van der Waals surface area contributed by atoms with Crippen LogP contribution in [0.25, 0.3) is 0 Å². The summed E-state index contributed by atoms with van der Waals surface area (Å²) in [6.07, 6.45) is 0. The molecule has 2 aromatic rings. The van der Waals surface area contributed by atoms with E-state index in [1.54, 1.807) is 24.1 Å². The van der Waals surface area contributed by atoms with Crippen LogP contribution in [0.4, 0.5) is 20.4 Å². The van der Waals surface area contributed by atoms with Gasteiger partial charge in [-0.25, -0.2) is 19.6 Å². The highest BCUT2D eigenvalue weighted by molar-refractivity contribution is 6.30. The number of nitrogen functional groups attached to an aromatic ring is 1. The van der Waals surface area contributed by atoms with Crippen LogP contribution in [-0.4, -0.2) is 12.0 Å². The van der Waals surface area contributed by atoms with E-state index in [1.807, 2.05) is 19.1 Å². The fourth-order valence-electron chi connectivity index (χ4n) is 1.98. The molecule has 0 aliphatic carbocycles. The topological polar surface area (TPSA) is 54.2 Å². The van der Waals surface area contributed by atoms with E-state index in [0.29, 0.717) is 5.02 Å². The Morgan fingerprint density at radius 1 is 1.29 bits per heavy atom. The van der Waals surface area contributed by atoms with Gasteiger partial charge in [0.2, 0.25) is 0 Å². The molecular formula is C14H15ClF2N4. The molecule has 0 bridgehead atoms. The van der Waals surface area contributed by atoms with Gasteiger partial charge in [0.05, 0.1) is 6.04 Å². The van der Waals surface area contributed by atoms with E-state index in [9.17, 15) is 8.78 Å². The number of hydrazine groups is 1. The SMILES string of the molecule is CC(c1cccc(Cl)c1)N(C)c1nc(NN)c(F)cc1F. The molecule has 1 aromatic carbocycles. The first-order chi connectivity index (χ1) is 9.93. The number of nitrogens with zero attached hydrogens (tertiary/aromatic N) is 2. The molecule has 1 aromatic heterocycles. The van der Waals surface area contributed by atoms with Crippen molar-refractivity contribution in [3.8, 4) is 0 Å². The van der Waals surface area contributed by atoms with Crippen molar-refractivity contribution in [3.63, 3.8) is 0 Å². The number of aromatic nitrogens is 1. The molecule has 0 aliphatic rings. The Morgan fingerprint density at radius 2 is 2.00 bits per heavy atom. The zero-order chi connectivity index (χ0) is 15.6. The lowest BCUT2D eigenvalue weighted by Crippen LogP contribution is -2.25. The van der Waals surface area contributed by atoms with Crippen LogP contribution in [0.15, 0.2) is 30.3 Å². The molecule has 0 fully saturated rings. The monoisotopic (exact) mass is 312 g/mol. The molecule has 1 unspecified atom stereocenters. The summed E-state index contributed by atoms with van der Waals surface area (Å²) in [5.41, 5.74) is 2.99. The van der Waals surface area contributed by atoms with Crippen LogP contribution < -0.4 is 16.2 Å². The van der Waals surface area contributed by atoms with Crippen LogP contribution >= 0.6 is 11.6 Å². The molecule has 1 atom stereocenters. The van der Waals surface area contributed by atoms with Gasteiger partial charge in [0.15, 0.2) is 23.3 Å². The first-order valence-electron chi connectivity index (χ1n) is 6.25. The van der Waals surface area contributed by atoms with Gasteiger partial charge in [0.25, 0.3) is 0 Å². The summed E-state index contributed by atoms with van der Waals surface area (Å²) in [5, 5.41) is 0.588. The predicted octanol–water partition coefficient (Wildman–Crippen LogP) is 3.50. The highest BCUT2D eigenvalue weighted by Gasteiger charge is 2.20. The Hall–Kier alpha value is -1.92. The number of hydrogen-bond donors (Lipinski definition) is 2. The van der Waals surface area contributed by atoms with Gasteiger partial charge < -0.3 is 10.3 Å². The summed E-state index contributed by atoms with van der Waals surface area (Å²) in [6.45, 7) is 1.87. The molecule has 21 heavy (non-hydrogen) atoms. The minimum absolute atomic E-state index is 0.00294. The van der Waals surface area contributed by atoms with E-state index in [-0.39, 0.29) is 17.7 Å². The standard InChI is InChI=1S/C14H15ClF2N4/c1-8(9-4-3-5-10(15)6-9)21(2)14-12(17)7-11(16)13(19-14)20-18/h3-8H,18H2,1-2H3,(H,19,20). The van der Waals surface area contributed by atoms with Gasteiger partial charge in [-0.1, -0.05) is 23.7 Å². The zero-order valence-electron chi connectivity index (χ0n) is 11.6. The third-order valence-corrected chi connectivity index (χ3v) is 3.53. The van der Waals surface area contributed by atoms with Crippen LogP contribution in [0.2, 0.25) is 5.02 Å². The number of anilines is 2. The summed E-state index contributed by atoms with van der Waals surface area (Å²) in [4.78, 5) is 5.45. The molecule has 4 nitrogen and oxygen atoms in total. The molecule has 112 valence electrons. The minimum atomic E-state index is -0.845. The minimum Gasteiger partial charge on any atom is -0.350 e. The van der Waals surface area contributed by atoms with Crippen molar-refractivity contribution < 1.29 is 8.78 Å². The van der Waals surface area contributed by atoms with Crippen LogP contribution in [0.5, 0.6) is 0 Å². The number of nitrogens with one attached hydrogen (secondary N) is 1. The fourth-order valence-corrected chi connectivity index (χ4v) is 2.18. The fraction of sp³-hybridized carbons (Fsp3) is 0.214. The van der Waals surface area contributed by atoms with Crippen molar-refractivity contribution in [1.82, 2.24) is 4.98 Å². The maximum absolute atomic E-state index is 13.9. The normalized spacial score (nSPS) is 12.1. The summed E-state index contributed by atoms with van der Waals surface area (Å²) in [6, 6.07) is 7.76. The van der Waals surface area contributed by atoms with E-state index in [4.69, 9.17) is 17.4 Å². The Bertz CT molecular complexity index is 651. The summed E-state index contributed by atoms with van der Waals surface area (Å²) in [7, 11) is 1.66. The lowest BCUT2D eigenvalue weighted by atomic mass is 10.1. The van der Waals surface area contributed by atoms with Gasteiger partial charge in [-0.05, 0) is 24.6 Å². The van der Waals surface area contributed by atoms with Crippen molar-refractivity contribution in [2.24, 2.45) is 5.84 Å². The summed E-state index contributed by atoms with van der Waals surface area (Å²) >= 11 is 5.96. The van der Waals surface area contributed by atoms with Gasteiger partial charge in [0, 0.05) is 18.1 Å². The van der Waals surface area contributed by atoms with E-state index in [0.717, 1.165) is 11.6 Å². The number of rotatable bonds is 4. The smallest absolute Gasteiger partial charge is 0.178 e. The quantitative estimate of drug-likeness (QED) is 0.670. The zero-order valence-corrected chi connectivity index (χ0v) is 12.3. The molecule has 0 radical (unpaired) electrons. The Balaban J connectivity index is 2.37. The first-order valence-corrected chi connectivity index (χ1v) is 6.62. The third kappa shape index (κ3) is 3.22. The second kappa shape index (κ2) is 6.24. The number of benzene rings is 1. The lowest BCUT2D eigenvalue weighted by molar-refractivity contribution is 0.566. The van der Waals surface area contributed by atoms with E-state index in [2.05, 4.69) is 10.4 Å². The highest BCUT2D eigenvalue weighted by Crippen LogP contribution is 2.29. The van der Waals surface area contributed by atoms with Gasteiger partial charge in [-0.2, -0.15) is 0 Å². The summed E-state index contributed by atoms with van der Waals surface area (Å²) < 4.78 is 27.3. The molecule has 3 N–H and O–H groups in total. The number of hydrogen-bond acceptors (Lipinski definition) is 4. The average molecular weight is 313 g/mol. The third-order valence-electron chi connectivity index (χ3n) is 3.29. The Kier molecular flexibility index (Phi) is 4.59. The first kappa shape index (κ1) is 15.5. The van der Waals surface area contributed by atoms with Crippen molar-refractivity contribution in [3.05, 3.63) is 52.6 Å². The number of halogens is 3. The molecule has 0 spiro atoms. The average Bonchev–Trinajstić information content (AvgIpc) is 2.46. The van der Waals surface area contributed by atoms with E-state index >= 15 is 0 Å². The molecule has 0 saturated heterocycles. The predicted molar refractivity (Wildman–Crippen MR) is 80.2 cm³/mol. The molecule has 0 saturated carbocycles. The molecule has 2 rings (SSSR count). The summed E-state index contributed by atoms with van der Waals surface area (Å²) in [5.74, 6) is 3.35. The van der Waals surface area contributed by atoms with Gasteiger partial charge in [0.1, 0.15) is 0 Å². The van der Waals surface area contributed by atoms with Crippen molar-refractivity contribution in [2.45, 2.75) is 13.0 Å². The number of nitrogens with two attached hydrogens (primary N) is 1. The largest absolute Gasteiger partial charge is 0.350 e. The molecule has 7 heteroatoms. The number of pyridine rings is 1. The van der Waals surface area contributed by atoms with Crippen LogP contribution in [0.1, 0.15) is 18.5 Å². The van der Waals surface area contributed by atoms with Crippen molar-refractivity contribution in [1.29, 1.82) is 0 Å². The maximum Gasteiger partial charge on any atom is 0.178 e. The maximum atomic E-state index is 13.9. The Morgan fingerprint density at radius 3 is 2.62 bits per heavy atom. The molecule has 0 amide bonds. The van der Waals surface area contributed by atoms with Crippen LogP contribution in [-0.2, 0) is 0 Å².